The van der Waals surface area contributed by atoms with Gasteiger partial charge in [0.15, 0.2) is 11.6 Å². The Hall–Kier alpha value is -2.82. The Morgan fingerprint density at radius 1 is 1.14 bits per heavy atom. The van der Waals surface area contributed by atoms with Crippen LogP contribution in [-0.2, 0) is 10.0 Å². The minimum absolute atomic E-state index is 0.0569. The number of H-pyrrole nitrogens is 1. The van der Waals surface area contributed by atoms with E-state index < -0.39 is 10.0 Å². The lowest BCUT2D eigenvalue weighted by Gasteiger charge is -2.10. The standard InChI is InChI=1S/C18H16N6O2S2/c25-28(26,24-11-6-7-11)13-4-1-3-12(9-13)20-18-16-14(10-19-23-16)21-17(22-18)15-5-2-8-27-15/h1-5,8-11,24H,6-7H2,(H,19,23)(H,20,21,22). The van der Waals surface area contributed by atoms with Crippen LogP contribution in [0.25, 0.3) is 21.7 Å². The van der Waals surface area contributed by atoms with E-state index in [1.54, 1.807) is 41.8 Å². The molecule has 1 aliphatic rings. The highest BCUT2D eigenvalue weighted by molar-refractivity contribution is 7.89. The van der Waals surface area contributed by atoms with Crippen LogP contribution < -0.4 is 10.0 Å². The zero-order chi connectivity index (χ0) is 19.1. The molecule has 1 aromatic carbocycles. The van der Waals surface area contributed by atoms with Gasteiger partial charge in [0.2, 0.25) is 10.0 Å². The van der Waals surface area contributed by atoms with Crippen molar-refractivity contribution >= 4 is 43.9 Å². The van der Waals surface area contributed by atoms with Gasteiger partial charge in [0.1, 0.15) is 11.0 Å². The molecule has 4 aromatic rings. The SMILES string of the molecule is O=S(=O)(NC1CC1)c1cccc(Nc2nc(-c3cccs3)nc3cn[nH]c23)c1. The van der Waals surface area contributed by atoms with Gasteiger partial charge < -0.3 is 5.32 Å². The maximum atomic E-state index is 12.5. The van der Waals surface area contributed by atoms with Crippen molar-refractivity contribution in [1.29, 1.82) is 0 Å². The van der Waals surface area contributed by atoms with E-state index in [1.807, 2.05) is 17.5 Å². The molecule has 3 heterocycles. The summed E-state index contributed by atoms with van der Waals surface area (Å²) < 4.78 is 27.7. The first kappa shape index (κ1) is 17.3. The summed E-state index contributed by atoms with van der Waals surface area (Å²) >= 11 is 1.55. The Labute approximate surface area is 165 Å². The second-order valence-corrected chi connectivity index (χ2v) is 9.21. The molecule has 28 heavy (non-hydrogen) atoms. The van der Waals surface area contributed by atoms with Crippen molar-refractivity contribution in [2.75, 3.05) is 5.32 Å². The third-order valence-corrected chi connectivity index (χ3v) is 6.73. The zero-order valence-corrected chi connectivity index (χ0v) is 16.2. The van der Waals surface area contributed by atoms with Crippen LogP contribution in [0.1, 0.15) is 12.8 Å². The lowest BCUT2D eigenvalue weighted by Crippen LogP contribution is -2.25. The van der Waals surface area contributed by atoms with Crippen molar-refractivity contribution in [3.8, 4) is 10.7 Å². The highest BCUT2D eigenvalue weighted by Gasteiger charge is 2.28. The third-order valence-electron chi connectivity index (χ3n) is 4.35. The van der Waals surface area contributed by atoms with Crippen molar-refractivity contribution in [2.45, 2.75) is 23.8 Å². The van der Waals surface area contributed by atoms with Gasteiger partial charge in [-0.2, -0.15) is 5.10 Å². The monoisotopic (exact) mass is 412 g/mol. The molecule has 0 radical (unpaired) electrons. The molecule has 0 bridgehead atoms. The largest absolute Gasteiger partial charge is 0.338 e. The molecule has 142 valence electrons. The van der Waals surface area contributed by atoms with Crippen LogP contribution in [0.15, 0.2) is 52.9 Å². The molecule has 0 aliphatic heterocycles. The van der Waals surface area contributed by atoms with Crippen molar-refractivity contribution in [3.05, 3.63) is 48.0 Å². The minimum Gasteiger partial charge on any atom is -0.338 e. The van der Waals surface area contributed by atoms with Crippen LogP contribution in [0.3, 0.4) is 0 Å². The Morgan fingerprint density at radius 3 is 2.82 bits per heavy atom. The zero-order valence-electron chi connectivity index (χ0n) is 14.6. The van der Waals surface area contributed by atoms with E-state index in [2.05, 4.69) is 30.2 Å². The minimum atomic E-state index is -3.53. The number of nitrogens with zero attached hydrogens (tertiary/aromatic N) is 3. The van der Waals surface area contributed by atoms with Crippen molar-refractivity contribution in [3.63, 3.8) is 0 Å². The van der Waals surface area contributed by atoms with Crippen LogP contribution in [0.5, 0.6) is 0 Å². The molecular formula is C18H16N6O2S2. The molecule has 0 unspecified atom stereocenters. The molecule has 3 N–H and O–H groups in total. The molecule has 1 aliphatic carbocycles. The van der Waals surface area contributed by atoms with Gasteiger partial charge in [-0.3, -0.25) is 5.10 Å². The van der Waals surface area contributed by atoms with E-state index in [4.69, 9.17) is 0 Å². The Kier molecular flexibility index (Phi) is 4.11. The first-order valence-electron chi connectivity index (χ1n) is 8.73. The average molecular weight is 413 g/mol. The molecule has 0 amide bonds. The number of sulfonamides is 1. The second-order valence-electron chi connectivity index (χ2n) is 6.55. The number of thiophene rings is 1. The number of rotatable bonds is 6. The summed E-state index contributed by atoms with van der Waals surface area (Å²) in [4.78, 5) is 10.3. The predicted molar refractivity (Wildman–Crippen MR) is 108 cm³/mol. The summed E-state index contributed by atoms with van der Waals surface area (Å²) in [7, 11) is -3.53. The summed E-state index contributed by atoms with van der Waals surface area (Å²) in [5, 5.41) is 12.1. The van der Waals surface area contributed by atoms with Gasteiger partial charge >= 0.3 is 0 Å². The molecule has 1 saturated carbocycles. The summed E-state index contributed by atoms with van der Waals surface area (Å²) in [6.45, 7) is 0. The molecule has 8 nitrogen and oxygen atoms in total. The first-order chi connectivity index (χ1) is 13.6. The summed E-state index contributed by atoms with van der Waals surface area (Å²) in [6.07, 6.45) is 3.42. The average Bonchev–Trinajstić information content (AvgIpc) is 3.13. The highest BCUT2D eigenvalue weighted by atomic mass is 32.2. The van der Waals surface area contributed by atoms with Crippen molar-refractivity contribution < 1.29 is 8.42 Å². The van der Waals surface area contributed by atoms with Crippen LogP contribution in [0.4, 0.5) is 11.5 Å². The quantitative estimate of drug-likeness (QED) is 0.448. The molecule has 0 spiro atoms. The normalized spacial score (nSPS) is 14.4. The summed E-state index contributed by atoms with van der Waals surface area (Å²) in [5.74, 6) is 1.13. The number of aromatic nitrogens is 4. The number of benzene rings is 1. The molecule has 0 atom stereocenters. The van der Waals surface area contributed by atoms with Crippen molar-refractivity contribution in [1.82, 2.24) is 24.9 Å². The molecule has 3 aromatic heterocycles. The number of fused-ring (bicyclic) bond motifs is 1. The van der Waals surface area contributed by atoms with Gasteiger partial charge in [-0.15, -0.1) is 11.3 Å². The number of hydrogen-bond donors (Lipinski definition) is 3. The highest BCUT2D eigenvalue weighted by Crippen LogP contribution is 2.29. The van der Waals surface area contributed by atoms with Gasteiger partial charge in [-0.25, -0.2) is 23.1 Å². The fourth-order valence-electron chi connectivity index (χ4n) is 2.81. The van der Waals surface area contributed by atoms with Crippen LogP contribution in [0, 0.1) is 0 Å². The topological polar surface area (TPSA) is 113 Å². The van der Waals surface area contributed by atoms with Crippen molar-refractivity contribution in [2.24, 2.45) is 0 Å². The van der Waals surface area contributed by atoms with E-state index in [-0.39, 0.29) is 10.9 Å². The maximum absolute atomic E-state index is 12.5. The Bertz CT molecular complexity index is 1250. The lowest BCUT2D eigenvalue weighted by molar-refractivity contribution is 0.581. The van der Waals surface area contributed by atoms with Crippen LogP contribution in [0.2, 0.25) is 0 Å². The number of hydrogen-bond acceptors (Lipinski definition) is 7. The number of aromatic amines is 1. The predicted octanol–water partition coefficient (Wildman–Crippen LogP) is 3.27. The van der Waals surface area contributed by atoms with Gasteiger partial charge in [0.25, 0.3) is 0 Å². The third kappa shape index (κ3) is 3.37. The summed E-state index contributed by atoms with van der Waals surface area (Å²) in [5.41, 5.74) is 1.95. The van der Waals surface area contributed by atoms with Gasteiger partial charge in [0.05, 0.1) is 16.0 Å². The fourth-order valence-corrected chi connectivity index (χ4v) is 4.82. The number of nitrogens with one attached hydrogen (secondary N) is 3. The van der Waals surface area contributed by atoms with E-state index >= 15 is 0 Å². The molecule has 5 rings (SSSR count). The van der Waals surface area contributed by atoms with Gasteiger partial charge in [-0.1, -0.05) is 12.1 Å². The van der Waals surface area contributed by atoms with Gasteiger partial charge in [0, 0.05) is 11.7 Å². The molecule has 1 fully saturated rings. The van der Waals surface area contributed by atoms with E-state index in [0.29, 0.717) is 28.4 Å². The van der Waals surface area contributed by atoms with E-state index in [1.165, 1.54) is 0 Å². The van der Waals surface area contributed by atoms with Gasteiger partial charge in [-0.05, 0) is 42.5 Å². The molecule has 10 heteroatoms. The molecular weight excluding hydrogens is 396 g/mol. The van der Waals surface area contributed by atoms with Crippen LogP contribution >= 0.6 is 11.3 Å². The summed E-state index contributed by atoms with van der Waals surface area (Å²) in [6, 6.07) is 10.6. The first-order valence-corrected chi connectivity index (χ1v) is 11.1. The molecule has 0 saturated heterocycles. The second kappa shape index (κ2) is 6.66. The Morgan fingerprint density at radius 2 is 2.04 bits per heavy atom. The van der Waals surface area contributed by atoms with E-state index in [0.717, 1.165) is 17.7 Å². The smallest absolute Gasteiger partial charge is 0.240 e. The fraction of sp³-hybridized carbons (Fsp3) is 0.167. The Balaban J connectivity index is 1.52. The van der Waals surface area contributed by atoms with E-state index in [9.17, 15) is 8.42 Å². The lowest BCUT2D eigenvalue weighted by atomic mass is 10.3. The number of anilines is 2. The maximum Gasteiger partial charge on any atom is 0.240 e. The van der Waals surface area contributed by atoms with Crippen LogP contribution in [-0.4, -0.2) is 34.6 Å².